The number of rotatable bonds is 4. The van der Waals surface area contributed by atoms with Crippen LogP contribution in [-0.4, -0.2) is 27.7 Å². The van der Waals surface area contributed by atoms with Crippen molar-refractivity contribution in [2.24, 2.45) is 10.9 Å². The van der Waals surface area contributed by atoms with Crippen molar-refractivity contribution in [1.82, 2.24) is 9.55 Å². The zero-order valence-corrected chi connectivity index (χ0v) is 11.8. The van der Waals surface area contributed by atoms with Crippen LogP contribution in [0.15, 0.2) is 40.2 Å². The molecule has 1 aromatic heterocycles. The number of halogens is 1. The van der Waals surface area contributed by atoms with Crippen molar-refractivity contribution in [3.63, 3.8) is 0 Å². The molecule has 2 aromatic rings. The average Bonchev–Trinajstić information content (AvgIpc) is 2.86. The summed E-state index contributed by atoms with van der Waals surface area (Å²) in [6.07, 6.45) is 3.37. The maximum absolute atomic E-state index is 8.70. The Kier molecular flexibility index (Phi) is 4.06. The second-order valence-electron chi connectivity index (χ2n) is 3.83. The number of nitrogens with two attached hydrogens (primary N) is 1. The number of benzene rings is 1. The maximum atomic E-state index is 8.70. The first-order valence-corrected chi connectivity index (χ1v) is 6.26. The summed E-state index contributed by atoms with van der Waals surface area (Å²) in [5.74, 6) is 1.18. The summed E-state index contributed by atoms with van der Waals surface area (Å²) >= 11 is 3.43. The third-order valence-electron chi connectivity index (χ3n) is 2.62. The first-order valence-electron chi connectivity index (χ1n) is 5.47. The number of oxime groups is 1. The molecule has 1 heterocycles. The zero-order chi connectivity index (χ0) is 13.8. The van der Waals surface area contributed by atoms with E-state index in [9.17, 15) is 0 Å². The highest BCUT2D eigenvalue weighted by molar-refractivity contribution is 9.10. The van der Waals surface area contributed by atoms with Gasteiger partial charge in [0.15, 0.2) is 5.82 Å². The fourth-order valence-electron chi connectivity index (χ4n) is 1.72. The Labute approximate surface area is 118 Å². The Balaban J connectivity index is 2.27. The van der Waals surface area contributed by atoms with E-state index in [0.717, 1.165) is 15.8 Å². The number of imidazole rings is 1. The van der Waals surface area contributed by atoms with Gasteiger partial charge in [0.25, 0.3) is 0 Å². The molecule has 0 aliphatic rings. The van der Waals surface area contributed by atoms with Crippen molar-refractivity contribution in [3.05, 3.63) is 46.5 Å². The number of ether oxygens (including phenoxy) is 1. The van der Waals surface area contributed by atoms with Crippen LogP contribution < -0.4 is 10.5 Å². The number of amidine groups is 1. The third kappa shape index (κ3) is 2.87. The Morgan fingerprint density at radius 3 is 3.00 bits per heavy atom. The van der Waals surface area contributed by atoms with Crippen LogP contribution in [0.2, 0.25) is 0 Å². The molecule has 7 heteroatoms. The molecule has 6 nitrogen and oxygen atoms in total. The van der Waals surface area contributed by atoms with E-state index in [-0.39, 0.29) is 5.84 Å². The fraction of sp³-hybridized carbons (Fsp3) is 0.167. The summed E-state index contributed by atoms with van der Waals surface area (Å²) < 4.78 is 7.84. The Morgan fingerprint density at radius 2 is 2.37 bits per heavy atom. The molecule has 0 fully saturated rings. The van der Waals surface area contributed by atoms with Gasteiger partial charge in [0.05, 0.1) is 11.6 Å². The Morgan fingerprint density at radius 1 is 1.58 bits per heavy atom. The van der Waals surface area contributed by atoms with Gasteiger partial charge in [-0.2, -0.15) is 0 Å². The summed E-state index contributed by atoms with van der Waals surface area (Å²) in [5.41, 5.74) is 6.60. The smallest absolute Gasteiger partial charge is 0.206 e. The van der Waals surface area contributed by atoms with Gasteiger partial charge in [-0.1, -0.05) is 11.2 Å². The lowest BCUT2D eigenvalue weighted by Gasteiger charge is -2.09. The van der Waals surface area contributed by atoms with Crippen LogP contribution in [0.1, 0.15) is 11.4 Å². The van der Waals surface area contributed by atoms with E-state index < -0.39 is 0 Å². The Bertz CT molecular complexity index is 610. The summed E-state index contributed by atoms with van der Waals surface area (Å²) in [7, 11) is 1.62. The number of hydrogen-bond acceptors (Lipinski definition) is 4. The molecule has 3 N–H and O–H groups in total. The summed E-state index contributed by atoms with van der Waals surface area (Å²) in [4.78, 5) is 4.05. The maximum Gasteiger partial charge on any atom is 0.206 e. The molecule has 0 atom stereocenters. The molecule has 0 unspecified atom stereocenters. The van der Waals surface area contributed by atoms with Crippen molar-refractivity contribution in [2.45, 2.75) is 6.54 Å². The standard InChI is InChI=1S/C12H13BrN4O2/c1-19-10-3-2-8(6-9(10)13)7-17-5-4-15-12(17)11(14)16-18/h2-6,18H,7H2,1H3,(H2,14,16). The lowest BCUT2D eigenvalue weighted by Crippen LogP contribution is -2.19. The summed E-state index contributed by atoms with van der Waals surface area (Å²) in [6, 6.07) is 5.77. The first kappa shape index (κ1) is 13.4. The van der Waals surface area contributed by atoms with Crippen LogP contribution in [-0.2, 0) is 6.54 Å². The lowest BCUT2D eigenvalue weighted by atomic mass is 10.2. The van der Waals surface area contributed by atoms with Crippen molar-refractivity contribution in [1.29, 1.82) is 0 Å². The van der Waals surface area contributed by atoms with E-state index in [1.807, 2.05) is 18.2 Å². The predicted molar refractivity (Wildman–Crippen MR) is 74.5 cm³/mol. The molecule has 0 saturated carbocycles. The normalized spacial score (nSPS) is 11.6. The van der Waals surface area contributed by atoms with Gasteiger partial charge in [-0.05, 0) is 33.6 Å². The second kappa shape index (κ2) is 5.75. The van der Waals surface area contributed by atoms with E-state index in [0.29, 0.717) is 12.4 Å². The summed E-state index contributed by atoms with van der Waals surface area (Å²) in [6.45, 7) is 0.564. The second-order valence-corrected chi connectivity index (χ2v) is 4.69. The molecular weight excluding hydrogens is 312 g/mol. The molecule has 0 saturated heterocycles. The lowest BCUT2D eigenvalue weighted by molar-refractivity contribution is 0.318. The first-order chi connectivity index (χ1) is 9.15. The molecule has 2 rings (SSSR count). The third-order valence-corrected chi connectivity index (χ3v) is 3.24. The summed E-state index contributed by atoms with van der Waals surface area (Å²) in [5, 5.41) is 11.7. The van der Waals surface area contributed by atoms with Gasteiger partial charge in [0, 0.05) is 18.9 Å². The van der Waals surface area contributed by atoms with Crippen LogP contribution in [0.4, 0.5) is 0 Å². The fourth-order valence-corrected chi connectivity index (χ4v) is 2.31. The number of methoxy groups -OCH3 is 1. The Hall–Kier alpha value is -2.02. The van der Waals surface area contributed by atoms with Crippen LogP contribution in [0.5, 0.6) is 5.75 Å². The highest BCUT2D eigenvalue weighted by Crippen LogP contribution is 2.25. The van der Waals surface area contributed by atoms with Crippen molar-refractivity contribution in [3.8, 4) is 5.75 Å². The molecule has 0 aliphatic heterocycles. The molecule has 0 bridgehead atoms. The molecule has 1 aromatic carbocycles. The van der Waals surface area contributed by atoms with E-state index in [2.05, 4.69) is 26.1 Å². The number of hydrogen-bond donors (Lipinski definition) is 2. The van der Waals surface area contributed by atoms with Gasteiger partial charge < -0.3 is 20.2 Å². The quantitative estimate of drug-likeness (QED) is 0.388. The van der Waals surface area contributed by atoms with E-state index >= 15 is 0 Å². The molecule has 0 spiro atoms. The van der Waals surface area contributed by atoms with Crippen LogP contribution in [0, 0.1) is 0 Å². The predicted octanol–water partition coefficient (Wildman–Crippen LogP) is 1.80. The van der Waals surface area contributed by atoms with Crippen molar-refractivity contribution in [2.75, 3.05) is 7.11 Å². The van der Waals surface area contributed by atoms with Crippen molar-refractivity contribution < 1.29 is 9.94 Å². The van der Waals surface area contributed by atoms with Gasteiger partial charge in [-0.3, -0.25) is 0 Å². The van der Waals surface area contributed by atoms with Crippen LogP contribution in [0.25, 0.3) is 0 Å². The molecule has 100 valence electrons. The van der Waals surface area contributed by atoms with Crippen LogP contribution >= 0.6 is 15.9 Å². The zero-order valence-electron chi connectivity index (χ0n) is 10.2. The van der Waals surface area contributed by atoms with E-state index in [4.69, 9.17) is 15.7 Å². The monoisotopic (exact) mass is 324 g/mol. The molecule has 0 radical (unpaired) electrons. The van der Waals surface area contributed by atoms with E-state index in [1.165, 1.54) is 0 Å². The van der Waals surface area contributed by atoms with Gasteiger partial charge >= 0.3 is 0 Å². The van der Waals surface area contributed by atoms with Gasteiger partial charge in [0.2, 0.25) is 5.84 Å². The van der Waals surface area contributed by atoms with Crippen LogP contribution in [0.3, 0.4) is 0 Å². The van der Waals surface area contributed by atoms with Gasteiger partial charge in [-0.15, -0.1) is 0 Å². The van der Waals surface area contributed by atoms with E-state index in [1.54, 1.807) is 24.1 Å². The minimum absolute atomic E-state index is 0.0161. The molecule has 0 amide bonds. The van der Waals surface area contributed by atoms with Gasteiger partial charge in [0.1, 0.15) is 5.75 Å². The number of aromatic nitrogens is 2. The highest BCUT2D eigenvalue weighted by Gasteiger charge is 2.09. The molecule has 19 heavy (non-hydrogen) atoms. The largest absolute Gasteiger partial charge is 0.496 e. The number of nitrogens with zero attached hydrogens (tertiary/aromatic N) is 3. The van der Waals surface area contributed by atoms with Gasteiger partial charge in [-0.25, -0.2) is 4.98 Å². The topological polar surface area (TPSA) is 85.7 Å². The average molecular weight is 325 g/mol. The minimum atomic E-state index is -0.0161. The van der Waals surface area contributed by atoms with Crippen molar-refractivity contribution >= 4 is 21.8 Å². The SMILES string of the molecule is COc1ccc(Cn2ccnc2C(N)=NO)cc1Br. The highest BCUT2D eigenvalue weighted by atomic mass is 79.9. The molecule has 0 aliphatic carbocycles. The minimum Gasteiger partial charge on any atom is -0.496 e. The molecular formula is C12H13BrN4O2.